The fourth-order valence-corrected chi connectivity index (χ4v) is 2.37. The van der Waals surface area contributed by atoms with E-state index in [0.29, 0.717) is 10.9 Å². The van der Waals surface area contributed by atoms with E-state index in [1.807, 2.05) is 55.5 Å². The lowest BCUT2D eigenvalue weighted by Gasteiger charge is -1.99. The molecule has 0 bridgehead atoms. The Kier molecular flexibility index (Phi) is 4.44. The second-order valence-electron chi connectivity index (χ2n) is 5.06. The van der Waals surface area contributed by atoms with Crippen LogP contribution < -0.4 is 4.74 Å². The summed E-state index contributed by atoms with van der Waals surface area (Å²) in [6.45, 7) is 2.03. The largest absolute Gasteiger partial charge is 0.497 e. The molecule has 23 heavy (non-hydrogen) atoms. The summed E-state index contributed by atoms with van der Waals surface area (Å²) in [5.41, 5.74) is 2.95. The molecule has 5 heteroatoms. The molecule has 1 aromatic heterocycles. The van der Waals surface area contributed by atoms with E-state index < -0.39 is 0 Å². The van der Waals surface area contributed by atoms with Gasteiger partial charge in [-0.25, -0.2) is 0 Å². The van der Waals surface area contributed by atoms with Crippen molar-refractivity contribution in [3.63, 3.8) is 0 Å². The van der Waals surface area contributed by atoms with Crippen molar-refractivity contribution in [2.45, 2.75) is 6.92 Å². The van der Waals surface area contributed by atoms with Crippen molar-refractivity contribution in [2.24, 2.45) is 0 Å². The summed E-state index contributed by atoms with van der Waals surface area (Å²) >= 11 is 6.29. The minimum Gasteiger partial charge on any atom is -0.497 e. The molecule has 0 amide bonds. The quantitative estimate of drug-likeness (QED) is 0.691. The molecule has 0 unspecified atom stereocenters. The monoisotopic (exact) mass is 326 g/mol. The molecule has 0 N–H and O–H groups in total. The van der Waals surface area contributed by atoms with Crippen molar-refractivity contribution in [1.82, 2.24) is 10.1 Å². The summed E-state index contributed by atoms with van der Waals surface area (Å²) in [5.74, 6) is 1.48. The number of halogens is 1. The lowest BCUT2D eigenvalue weighted by atomic mass is 10.1. The van der Waals surface area contributed by atoms with Crippen molar-refractivity contribution in [1.29, 1.82) is 0 Å². The Morgan fingerprint density at radius 1 is 1.17 bits per heavy atom. The molecule has 0 spiro atoms. The molecule has 0 saturated heterocycles. The highest BCUT2D eigenvalue weighted by Crippen LogP contribution is 2.25. The summed E-state index contributed by atoms with van der Waals surface area (Å²) in [7, 11) is 1.61. The van der Waals surface area contributed by atoms with Crippen LogP contribution in [0.2, 0.25) is 0 Å². The van der Waals surface area contributed by atoms with Gasteiger partial charge in [-0.15, -0.1) is 0 Å². The molecule has 2 aromatic carbocycles. The first-order chi connectivity index (χ1) is 11.2. The first-order valence-electron chi connectivity index (χ1n) is 7.08. The van der Waals surface area contributed by atoms with Crippen LogP contribution in [0.25, 0.3) is 22.5 Å². The molecular formula is C18H15ClN2O2. The smallest absolute Gasteiger partial charge is 0.269 e. The van der Waals surface area contributed by atoms with Crippen molar-refractivity contribution in [3.8, 4) is 17.1 Å². The van der Waals surface area contributed by atoms with Gasteiger partial charge in [-0.05, 0) is 30.7 Å². The standard InChI is InChI=1S/C18H15ClN2O2/c1-12-5-3-6-13(9-12)10-16(19)18-20-17(21-23-18)14-7-4-8-15(11-14)22-2/h3-11H,1-2H3/b16-10-. The molecule has 3 rings (SSSR count). The van der Waals surface area contributed by atoms with Gasteiger partial charge in [0.15, 0.2) is 0 Å². The highest BCUT2D eigenvalue weighted by atomic mass is 35.5. The Morgan fingerprint density at radius 2 is 2.00 bits per heavy atom. The molecule has 1 heterocycles. The summed E-state index contributed by atoms with van der Waals surface area (Å²) in [4.78, 5) is 4.34. The average molecular weight is 327 g/mol. The van der Waals surface area contributed by atoms with Crippen molar-refractivity contribution < 1.29 is 9.26 Å². The minimum absolute atomic E-state index is 0.283. The van der Waals surface area contributed by atoms with Crippen LogP contribution in [0.15, 0.2) is 53.1 Å². The number of nitrogens with zero attached hydrogens (tertiary/aromatic N) is 2. The van der Waals surface area contributed by atoms with Crippen molar-refractivity contribution >= 4 is 22.7 Å². The van der Waals surface area contributed by atoms with Gasteiger partial charge in [-0.2, -0.15) is 4.98 Å². The Labute approximate surface area is 139 Å². The Morgan fingerprint density at radius 3 is 2.78 bits per heavy atom. The normalized spacial score (nSPS) is 11.5. The second-order valence-corrected chi connectivity index (χ2v) is 5.47. The van der Waals surface area contributed by atoms with Gasteiger partial charge in [0.05, 0.1) is 7.11 Å². The molecule has 0 saturated carbocycles. The number of methoxy groups -OCH3 is 1. The maximum atomic E-state index is 6.29. The third-order valence-electron chi connectivity index (χ3n) is 3.29. The van der Waals surface area contributed by atoms with Crippen LogP contribution in [0.1, 0.15) is 17.0 Å². The maximum absolute atomic E-state index is 6.29. The van der Waals surface area contributed by atoms with Crippen molar-refractivity contribution in [3.05, 3.63) is 65.5 Å². The van der Waals surface area contributed by atoms with Crippen LogP contribution in [0.4, 0.5) is 0 Å². The van der Waals surface area contributed by atoms with E-state index in [-0.39, 0.29) is 5.89 Å². The van der Waals surface area contributed by atoms with E-state index in [1.165, 1.54) is 0 Å². The number of hydrogen-bond acceptors (Lipinski definition) is 4. The molecule has 116 valence electrons. The first-order valence-corrected chi connectivity index (χ1v) is 7.46. The van der Waals surface area contributed by atoms with Crippen LogP contribution in [0, 0.1) is 6.92 Å². The Hall–Kier alpha value is -2.59. The lowest BCUT2D eigenvalue weighted by molar-refractivity contribution is 0.409. The molecule has 3 aromatic rings. The SMILES string of the molecule is COc1cccc(-c2noc(/C(Cl)=C/c3cccc(C)c3)n2)c1. The number of hydrogen-bond donors (Lipinski definition) is 0. The molecule has 4 nitrogen and oxygen atoms in total. The predicted octanol–water partition coefficient (Wildman–Crippen LogP) is 4.79. The molecule has 0 aliphatic heterocycles. The van der Waals surface area contributed by atoms with Crippen LogP contribution in [0.5, 0.6) is 5.75 Å². The molecule has 0 aliphatic rings. The van der Waals surface area contributed by atoms with Gasteiger partial charge in [-0.1, -0.05) is 58.7 Å². The van der Waals surface area contributed by atoms with Gasteiger partial charge in [0.2, 0.25) is 5.82 Å². The number of ether oxygens (including phenoxy) is 1. The maximum Gasteiger partial charge on any atom is 0.269 e. The predicted molar refractivity (Wildman–Crippen MR) is 91.2 cm³/mol. The summed E-state index contributed by atoms with van der Waals surface area (Å²) < 4.78 is 10.5. The van der Waals surface area contributed by atoms with E-state index in [1.54, 1.807) is 13.2 Å². The zero-order chi connectivity index (χ0) is 16.2. The van der Waals surface area contributed by atoms with Crippen molar-refractivity contribution in [2.75, 3.05) is 7.11 Å². The van der Waals surface area contributed by atoms with Gasteiger partial charge >= 0.3 is 0 Å². The highest BCUT2D eigenvalue weighted by Gasteiger charge is 2.12. The number of benzene rings is 2. The van der Waals surface area contributed by atoms with E-state index in [0.717, 1.165) is 22.4 Å². The Balaban J connectivity index is 1.89. The third-order valence-corrected chi connectivity index (χ3v) is 3.56. The topological polar surface area (TPSA) is 48.2 Å². The van der Waals surface area contributed by atoms with Crippen LogP contribution in [0.3, 0.4) is 0 Å². The summed E-state index contributed by atoms with van der Waals surface area (Å²) in [5, 5.41) is 4.38. The summed E-state index contributed by atoms with van der Waals surface area (Å²) in [6.07, 6.45) is 1.80. The molecule has 0 aliphatic carbocycles. The van der Waals surface area contributed by atoms with E-state index in [9.17, 15) is 0 Å². The van der Waals surface area contributed by atoms with E-state index in [4.69, 9.17) is 20.9 Å². The van der Waals surface area contributed by atoms with E-state index in [2.05, 4.69) is 10.1 Å². The minimum atomic E-state index is 0.283. The summed E-state index contributed by atoms with van der Waals surface area (Å²) in [6, 6.07) is 15.4. The number of aryl methyl sites for hydroxylation is 1. The van der Waals surface area contributed by atoms with Crippen LogP contribution in [-0.4, -0.2) is 17.3 Å². The van der Waals surface area contributed by atoms with Gasteiger partial charge in [0.25, 0.3) is 5.89 Å². The Bertz CT molecular complexity index is 855. The van der Waals surface area contributed by atoms with Gasteiger partial charge in [0, 0.05) is 5.56 Å². The fourth-order valence-electron chi connectivity index (χ4n) is 2.17. The van der Waals surface area contributed by atoms with Crippen LogP contribution >= 0.6 is 11.6 Å². The number of rotatable bonds is 4. The van der Waals surface area contributed by atoms with Gasteiger partial charge in [0.1, 0.15) is 10.8 Å². The first kappa shape index (κ1) is 15.3. The van der Waals surface area contributed by atoms with Gasteiger partial charge in [-0.3, -0.25) is 0 Å². The number of aromatic nitrogens is 2. The van der Waals surface area contributed by atoms with E-state index >= 15 is 0 Å². The van der Waals surface area contributed by atoms with Gasteiger partial charge < -0.3 is 9.26 Å². The zero-order valence-corrected chi connectivity index (χ0v) is 13.5. The second kappa shape index (κ2) is 6.67. The third kappa shape index (κ3) is 3.60. The average Bonchev–Trinajstić information content (AvgIpc) is 3.05. The lowest BCUT2D eigenvalue weighted by Crippen LogP contribution is -1.85. The highest BCUT2D eigenvalue weighted by molar-refractivity contribution is 6.50. The molecule has 0 atom stereocenters. The molecule has 0 radical (unpaired) electrons. The molecular weight excluding hydrogens is 312 g/mol. The molecule has 0 fully saturated rings. The fraction of sp³-hybridized carbons (Fsp3) is 0.111. The zero-order valence-electron chi connectivity index (χ0n) is 12.8. The van der Waals surface area contributed by atoms with Crippen LogP contribution in [-0.2, 0) is 0 Å².